The molecule has 3 nitrogen and oxygen atoms in total. The lowest BCUT2D eigenvalue weighted by molar-refractivity contribution is -0.122. The largest absolute Gasteiger partial charge is 0.349 e. The van der Waals surface area contributed by atoms with Gasteiger partial charge in [-0.2, -0.15) is 0 Å². The van der Waals surface area contributed by atoms with Gasteiger partial charge in [-0.05, 0) is 29.7 Å². The minimum absolute atomic E-state index is 0.0104. The molecular formula is C21H20N2O. The molecule has 1 atom stereocenters. The highest BCUT2D eigenvalue weighted by Gasteiger charge is 2.24. The van der Waals surface area contributed by atoms with Gasteiger partial charge in [0.15, 0.2) is 0 Å². The van der Waals surface area contributed by atoms with E-state index in [-0.39, 0.29) is 17.9 Å². The molecule has 2 aromatic carbocycles. The monoisotopic (exact) mass is 316 g/mol. The van der Waals surface area contributed by atoms with Gasteiger partial charge < -0.3 is 5.32 Å². The van der Waals surface area contributed by atoms with Crippen LogP contribution in [0.1, 0.15) is 35.6 Å². The van der Waals surface area contributed by atoms with Crippen molar-refractivity contribution in [3.63, 3.8) is 0 Å². The summed E-state index contributed by atoms with van der Waals surface area (Å²) in [6.07, 6.45) is 3.51. The van der Waals surface area contributed by atoms with Gasteiger partial charge in [-0.25, -0.2) is 0 Å². The highest BCUT2D eigenvalue weighted by Crippen LogP contribution is 2.25. The fraction of sp³-hybridized carbons (Fsp3) is 0.143. The molecule has 3 aromatic rings. The van der Waals surface area contributed by atoms with Crippen LogP contribution in [0, 0.1) is 0 Å². The zero-order valence-electron chi connectivity index (χ0n) is 13.6. The maximum atomic E-state index is 13.0. The van der Waals surface area contributed by atoms with Crippen LogP contribution in [0.4, 0.5) is 0 Å². The number of rotatable bonds is 5. The second-order valence-corrected chi connectivity index (χ2v) is 5.77. The van der Waals surface area contributed by atoms with Gasteiger partial charge in [0.25, 0.3) is 0 Å². The van der Waals surface area contributed by atoms with Crippen LogP contribution in [0.5, 0.6) is 0 Å². The quantitative estimate of drug-likeness (QED) is 0.770. The van der Waals surface area contributed by atoms with Gasteiger partial charge in [0.2, 0.25) is 5.91 Å². The SMILES string of the molecule is CC(NC(=O)C(c1ccccc1)c1ccccc1)c1cccnc1. The van der Waals surface area contributed by atoms with Crippen molar-refractivity contribution in [3.8, 4) is 0 Å². The third kappa shape index (κ3) is 3.69. The number of hydrogen-bond acceptors (Lipinski definition) is 2. The lowest BCUT2D eigenvalue weighted by Gasteiger charge is -2.21. The van der Waals surface area contributed by atoms with Crippen molar-refractivity contribution in [3.05, 3.63) is 102 Å². The van der Waals surface area contributed by atoms with E-state index >= 15 is 0 Å². The summed E-state index contributed by atoms with van der Waals surface area (Å²) in [7, 11) is 0. The minimum Gasteiger partial charge on any atom is -0.349 e. The normalized spacial score (nSPS) is 11.9. The number of aromatic nitrogens is 1. The summed E-state index contributed by atoms with van der Waals surface area (Å²) in [6.45, 7) is 1.97. The second-order valence-electron chi connectivity index (χ2n) is 5.77. The first kappa shape index (κ1) is 15.9. The van der Waals surface area contributed by atoms with E-state index in [4.69, 9.17) is 0 Å². The summed E-state index contributed by atoms with van der Waals surface area (Å²) in [6, 6.07) is 23.5. The zero-order valence-corrected chi connectivity index (χ0v) is 13.6. The third-order valence-electron chi connectivity index (χ3n) is 4.07. The van der Waals surface area contributed by atoms with Crippen LogP contribution in [-0.2, 0) is 4.79 Å². The number of nitrogens with zero attached hydrogens (tertiary/aromatic N) is 1. The molecule has 1 N–H and O–H groups in total. The lowest BCUT2D eigenvalue weighted by atomic mass is 9.90. The van der Waals surface area contributed by atoms with Crippen molar-refractivity contribution in [1.82, 2.24) is 10.3 Å². The molecule has 0 fully saturated rings. The van der Waals surface area contributed by atoms with E-state index in [0.717, 1.165) is 16.7 Å². The van der Waals surface area contributed by atoms with E-state index < -0.39 is 0 Å². The molecule has 0 saturated carbocycles. The van der Waals surface area contributed by atoms with Crippen LogP contribution in [0.15, 0.2) is 85.2 Å². The first-order valence-corrected chi connectivity index (χ1v) is 8.06. The number of nitrogens with one attached hydrogen (secondary N) is 1. The highest BCUT2D eigenvalue weighted by molar-refractivity contribution is 5.87. The van der Waals surface area contributed by atoms with Gasteiger partial charge in [0.05, 0.1) is 12.0 Å². The summed E-state index contributed by atoms with van der Waals surface area (Å²) in [4.78, 5) is 17.1. The van der Waals surface area contributed by atoms with Crippen LogP contribution in [0.3, 0.4) is 0 Å². The number of benzene rings is 2. The fourth-order valence-electron chi connectivity index (χ4n) is 2.80. The molecule has 3 rings (SSSR count). The Balaban J connectivity index is 1.87. The average Bonchev–Trinajstić information content (AvgIpc) is 2.64. The maximum absolute atomic E-state index is 13.0. The molecule has 0 aliphatic heterocycles. The standard InChI is InChI=1S/C21H20N2O/c1-16(19-13-8-14-22-15-19)23-21(24)20(17-9-4-2-5-10-17)18-11-6-3-7-12-18/h2-16,20H,1H3,(H,23,24). The molecule has 120 valence electrons. The number of carbonyl (C=O) groups is 1. The van der Waals surface area contributed by atoms with E-state index in [0.29, 0.717) is 0 Å². The van der Waals surface area contributed by atoms with Crippen molar-refractivity contribution in [2.75, 3.05) is 0 Å². The Bertz CT molecular complexity index is 733. The third-order valence-corrected chi connectivity index (χ3v) is 4.07. The van der Waals surface area contributed by atoms with Crippen LogP contribution < -0.4 is 5.32 Å². The van der Waals surface area contributed by atoms with Crippen molar-refractivity contribution in [2.45, 2.75) is 18.9 Å². The lowest BCUT2D eigenvalue weighted by Crippen LogP contribution is -2.32. The van der Waals surface area contributed by atoms with E-state index in [1.54, 1.807) is 12.4 Å². The Hall–Kier alpha value is -2.94. The Morgan fingerprint density at radius 3 is 1.88 bits per heavy atom. The molecule has 24 heavy (non-hydrogen) atoms. The smallest absolute Gasteiger partial charge is 0.232 e. The zero-order chi connectivity index (χ0) is 16.8. The predicted molar refractivity (Wildman–Crippen MR) is 95.5 cm³/mol. The summed E-state index contributed by atoms with van der Waals surface area (Å²) >= 11 is 0. The van der Waals surface area contributed by atoms with E-state index in [2.05, 4.69) is 10.3 Å². The molecular weight excluding hydrogens is 296 g/mol. The molecule has 1 amide bonds. The molecule has 0 bridgehead atoms. The van der Waals surface area contributed by atoms with E-state index in [1.807, 2.05) is 79.7 Å². The minimum atomic E-state index is -0.327. The molecule has 0 saturated heterocycles. The topological polar surface area (TPSA) is 42.0 Å². The van der Waals surface area contributed by atoms with E-state index in [1.165, 1.54) is 0 Å². The summed E-state index contributed by atoms with van der Waals surface area (Å²) in [5.74, 6) is -0.338. The summed E-state index contributed by atoms with van der Waals surface area (Å²) in [5, 5.41) is 3.11. The van der Waals surface area contributed by atoms with Gasteiger partial charge in [-0.15, -0.1) is 0 Å². The Morgan fingerprint density at radius 1 is 0.833 bits per heavy atom. The van der Waals surface area contributed by atoms with E-state index in [9.17, 15) is 4.79 Å². The van der Waals surface area contributed by atoms with Gasteiger partial charge in [-0.1, -0.05) is 66.7 Å². The second kappa shape index (κ2) is 7.55. The van der Waals surface area contributed by atoms with Crippen molar-refractivity contribution < 1.29 is 4.79 Å². The van der Waals surface area contributed by atoms with Crippen LogP contribution >= 0.6 is 0 Å². The molecule has 1 aromatic heterocycles. The first-order chi connectivity index (χ1) is 11.8. The van der Waals surface area contributed by atoms with Gasteiger partial charge in [-0.3, -0.25) is 9.78 Å². The Labute approximate surface area is 142 Å². The maximum Gasteiger partial charge on any atom is 0.232 e. The number of amides is 1. The van der Waals surface area contributed by atoms with Crippen molar-refractivity contribution in [2.24, 2.45) is 0 Å². The molecule has 0 radical (unpaired) electrons. The molecule has 3 heteroatoms. The predicted octanol–water partition coefficient (Wildman–Crippen LogP) is 4.09. The van der Waals surface area contributed by atoms with Gasteiger partial charge >= 0.3 is 0 Å². The molecule has 0 aliphatic rings. The van der Waals surface area contributed by atoms with Crippen LogP contribution in [0.25, 0.3) is 0 Å². The van der Waals surface area contributed by atoms with Crippen molar-refractivity contribution in [1.29, 1.82) is 0 Å². The number of hydrogen-bond donors (Lipinski definition) is 1. The first-order valence-electron chi connectivity index (χ1n) is 8.06. The molecule has 1 unspecified atom stereocenters. The average molecular weight is 316 g/mol. The van der Waals surface area contributed by atoms with Gasteiger partial charge in [0.1, 0.15) is 0 Å². The Kier molecular flexibility index (Phi) is 5.02. The summed E-state index contributed by atoms with van der Waals surface area (Å²) in [5.41, 5.74) is 2.96. The van der Waals surface area contributed by atoms with Crippen molar-refractivity contribution >= 4 is 5.91 Å². The highest BCUT2D eigenvalue weighted by atomic mass is 16.1. The molecule has 0 aliphatic carbocycles. The summed E-state index contributed by atoms with van der Waals surface area (Å²) < 4.78 is 0. The number of carbonyl (C=O) groups excluding carboxylic acids is 1. The van der Waals surface area contributed by atoms with Gasteiger partial charge in [0, 0.05) is 12.4 Å². The molecule has 0 spiro atoms. The van der Waals surface area contributed by atoms with Crippen LogP contribution in [-0.4, -0.2) is 10.9 Å². The Morgan fingerprint density at radius 2 is 1.38 bits per heavy atom. The molecule has 1 heterocycles. The number of pyridine rings is 1. The fourth-order valence-corrected chi connectivity index (χ4v) is 2.80. The van der Waals surface area contributed by atoms with Crippen LogP contribution in [0.2, 0.25) is 0 Å².